The van der Waals surface area contributed by atoms with Gasteiger partial charge in [-0.15, -0.1) is 0 Å². The van der Waals surface area contributed by atoms with Gasteiger partial charge in [-0.1, -0.05) is 32.1 Å². The molecular formula is C20H28N2O3. The molecule has 0 heterocycles. The van der Waals surface area contributed by atoms with Crippen LogP contribution in [-0.2, 0) is 0 Å². The minimum Gasteiger partial charge on any atom is -0.505 e. The Bertz CT molecular complexity index is 724. The van der Waals surface area contributed by atoms with E-state index in [0.717, 1.165) is 24.8 Å². The van der Waals surface area contributed by atoms with Gasteiger partial charge >= 0.3 is 0 Å². The van der Waals surface area contributed by atoms with E-state index in [1.165, 1.54) is 0 Å². The lowest BCUT2D eigenvalue weighted by Crippen LogP contribution is -2.54. The molecular weight excluding hydrogens is 316 g/mol. The number of aliphatic hydroxyl groups excluding tert-OH is 2. The highest BCUT2D eigenvalue weighted by molar-refractivity contribution is 6.08. The van der Waals surface area contributed by atoms with Crippen molar-refractivity contribution in [2.75, 3.05) is 6.61 Å². The number of hydrazone groups is 1. The second kappa shape index (κ2) is 5.21. The van der Waals surface area contributed by atoms with E-state index in [9.17, 15) is 15.3 Å². The number of allylic oxidation sites excluding steroid dienone is 5. The Balaban J connectivity index is 1.78. The van der Waals surface area contributed by atoms with Crippen molar-refractivity contribution < 1.29 is 15.3 Å². The van der Waals surface area contributed by atoms with Gasteiger partial charge in [0.2, 0.25) is 0 Å². The summed E-state index contributed by atoms with van der Waals surface area (Å²) in [4.78, 5) is 0. The van der Waals surface area contributed by atoms with Crippen molar-refractivity contribution in [3.05, 3.63) is 35.6 Å². The third-order valence-electron chi connectivity index (χ3n) is 7.98. The molecule has 5 heteroatoms. The first-order valence-corrected chi connectivity index (χ1v) is 9.23. The summed E-state index contributed by atoms with van der Waals surface area (Å²) in [6.45, 7) is 4.16. The number of fused-ring (bicyclic) bond motifs is 5. The van der Waals surface area contributed by atoms with Crippen LogP contribution in [0, 0.1) is 28.6 Å². The van der Waals surface area contributed by atoms with Crippen LogP contribution in [0.5, 0.6) is 0 Å². The predicted octanol–water partition coefficient (Wildman–Crippen LogP) is 2.43. The summed E-state index contributed by atoms with van der Waals surface area (Å²) in [5.74, 6) is 6.61. The van der Waals surface area contributed by atoms with Gasteiger partial charge in [-0.3, -0.25) is 0 Å². The number of rotatable bonds is 1. The Labute approximate surface area is 148 Å². The Morgan fingerprint density at radius 1 is 1.20 bits per heavy atom. The maximum absolute atomic E-state index is 11.0. The molecule has 0 aromatic carbocycles. The molecule has 5 nitrogen and oxygen atoms in total. The molecule has 0 aromatic rings. The topological polar surface area (TPSA) is 99.1 Å². The Morgan fingerprint density at radius 2 is 1.92 bits per heavy atom. The van der Waals surface area contributed by atoms with Gasteiger partial charge in [0.25, 0.3) is 0 Å². The summed E-state index contributed by atoms with van der Waals surface area (Å²) in [7, 11) is 0. The summed E-state index contributed by atoms with van der Waals surface area (Å²) in [5, 5.41) is 35.0. The van der Waals surface area contributed by atoms with Gasteiger partial charge in [-0.25, -0.2) is 0 Å². The van der Waals surface area contributed by atoms with Crippen LogP contribution in [-0.4, -0.2) is 33.2 Å². The zero-order valence-electron chi connectivity index (χ0n) is 14.9. The van der Waals surface area contributed by atoms with E-state index < -0.39 is 5.60 Å². The molecule has 0 unspecified atom stereocenters. The molecule has 25 heavy (non-hydrogen) atoms. The number of aliphatic hydroxyl groups is 3. The third-order valence-corrected chi connectivity index (χ3v) is 7.98. The molecule has 0 aromatic heterocycles. The van der Waals surface area contributed by atoms with Crippen molar-refractivity contribution >= 4 is 5.71 Å². The van der Waals surface area contributed by atoms with E-state index >= 15 is 0 Å². The van der Waals surface area contributed by atoms with Crippen LogP contribution in [0.4, 0.5) is 0 Å². The summed E-state index contributed by atoms with van der Waals surface area (Å²) in [6.07, 6.45) is 11.6. The van der Waals surface area contributed by atoms with Crippen molar-refractivity contribution in [2.45, 2.75) is 45.1 Å². The Hall–Kier alpha value is -1.59. The molecule has 2 saturated carbocycles. The molecule has 4 rings (SSSR count). The molecule has 0 bridgehead atoms. The van der Waals surface area contributed by atoms with E-state index in [2.05, 4.69) is 31.1 Å². The van der Waals surface area contributed by atoms with E-state index in [0.29, 0.717) is 29.9 Å². The molecule has 0 radical (unpaired) electrons. The first-order chi connectivity index (χ1) is 11.8. The van der Waals surface area contributed by atoms with Crippen LogP contribution in [0.3, 0.4) is 0 Å². The van der Waals surface area contributed by atoms with Crippen molar-refractivity contribution in [3.63, 3.8) is 0 Å². The van der Waals surface area contributed by atoms with Gasteiger partial charge in [0.15, 0.2) is 0 Å². The summed E-state index contributed by atoms with van der Waals surface area (Å²) < 4.78 is 0. The van der Waals surface area contributed by atoms with E-state index in [1.807, 2.05) is 12.2 Å². The molecule has 4 aliphatic rings. The maximum Gasteiger partial charge on any atom is 0.147 e. The highest BCUT2D eigenvalue weighted by atomic mass is 16.3. The SMILES string of the molecule is C[C@]12C=C/C(=N\N)C(O)=C1C=C[C@@H]1[C@@H]2CC[C@@]2(C)[C@H]1CC[C@@]2(O)CO. The molecule has 5 N–H and O–H groups in total. The molecule has 136 valence electrons. The van der Waals surface area contributed by atoms with E-state index in [1.54, 1.807) is 0 Å². The minimum absolute atomic E-state index is 0.166. The lowest BCUT2D eigenvalue weighted by molar-refractivity contribution is -0.132. The van der Waals surface area contributed by atoms with Gasteiger partial charge in [0.05, 0.1) is 12.2 Å². The number of nitrogens with zero attached hydrogens (tertiary/aromatic N) is 1. The van der Waals surface area contributed by atoms with Crippen LogP contribution in [0.2, 0.25) is 0 Å². The van der Waals surface area contributed by atoms with Crippen LogP contribution < -0.4 is 5.84 Å². The highest BCUT2D eigenvalue weighted by Gasteiger charge is 2.63. The first-order valence-electron chi connectivity index (χ1n) is 9.23. The molecule has 0 saturated heterocycles. The molecule has 0 aliphatic heterocycles. The molecule has 0 spiro atoms. The fourth-order valence-corrected chi connectivity index (χ4v) is 6.24. The molecule has 6 atom stereocenters. The summed E-state index contributed by atoms with van der Waals surface area (Å²) in [5.41, 5.74) is -0.169. The van der Waals surface area contributed by atoms with Crippen molar-refractivity contribution in [2.24, 2.45) is 39.5 Å². The van der Waals surface area contributed by atoms with Gasteiger partial charge in [-0.05, 0) is 49.5 Å². The largest absolute Gasteiger partial charge is 0.505 e. The summed E-state index contributed by atoms with van der Waals surface area (Å²) >= 11 is 0. The fourth-order valence-electron chi connectivity index (χ4n) is 6.24. The second-order valence-electron chi connectivity index (χ2n) is 8.73. The van der Waals surface area contributed by atoms with Crippen LogP contribution in [0.15, 0.2) is 40.7 Å². The minimum atomic E-state index is -0.975. The van der Waals surface area contributed by atoms with E-state index in [-0.39, 0.29) is 23.2 Å². The average Bonchev–Trinajstić information content (AvgIpc) is 2.87. The Kier molecular flexibility index (Phi) is 3.51. The van der Waals surface area contributed by atoms with Crippen molar-refractivity contribution in [1.29, 1.82) is 0 Å². The maximum atomic E-state index is 11.0. The lowest BCUT2D eigenvalue weighted by atomic mass is 9.49. The Morgan fingerprint density at radius 3 is 2.60 bits per heavy atom. The quantitative estimate of drug-likeness (QED) is 0.434. The average molecular weight is 344 g/mol. The standard InChI is InChI=1S/C20H28N2O3/c1-18-8-7-16(22-21)17(24)15(18)4-3-12-13(18)5-9-19(2)14(12)6-10-20(19,25)11-23/h3-4,7-8,12-14,23-25H,5-6,9-11,21H2,1-2H3/b22-16+/t12-,13+,14+,18-,19+,20-/m1/s1. The van der Waals surface area contributed by atoms with Crippen LogP contribution in [0.1, 0.15) is 39.5 Å². The lowest BCUT2D eigenvalue weighted by Gasteiger charge is -2.56. The number of hydrogen-bond donors (Lipinski definition) is 4. The van der Waals surface area contributed by atoms with Gasteiger partial charge in [-0.2, -0.15) is 5.10 Å². The second-order valence-corrected chi connectivity index (χ2v) is 8.73. The van der Waals surface area contributed by atoms with Crippen molar-refractivity contribution in [1.82, 2.24) is 0 Å². The summed E-state index contributed by atoms with van der Waals surface area (Å²) in [6, 6.07) is 0. The fraction of sp³-hybridized carbons (Fsp3) is 0.650. The van der Waals surface area contributed by atoms with Crippen LogP contribution >= 0.6 is 0 Å². The van der Waals surface area contributed by atoms with Gasteiger partial charge < -0.3 is 21.2 Å². The zero-order chi connectivity index (χ0) is 18.0. The first kappa shape index (κ1) is 16.9. The third kappa shape index (κ3) is 1.94. The molecule has 0 amide bonds. The van der Waals surface area contributed by atoms with E-state index in [4.69, 9.17) is 5.84 Å². The van der Waals surface area contributed by atoms with Crippen molar-refractivity contribution in [3.8, 4) is 0 Å². The molecule has 2 fully saturated rings. The molecule has 4 aliphatic carbocycles. The van der Waals surface area contributed by atoms with Gasteiger partial charge in [0.1, 0.15) is 11.5 Å². The number of hydrogen-bond acceptors (Lipinski definition) is 5. The predicted molar refractivity (Wildman–Crippen MR) is 96.7 cm³/mol. The smallest absolute Gasteiger partial charge is 0.147 e. The number of nitrogens with two attached hydrogens (primary N) is 1. The van der Waals surface area contributed by atoms with Gasteiger partial charge in [0, 0.05) is 16.4 Å². The van der Waals surface area contributed by atoms with Crippen LogP contribution in [0.25, 0.3) is 0 Å². The zero-order valence-corrected chi connectivity index (χ0v) is 14.9. The monoisotopic (exact) mass is 344 g/mol. The highest BCUT2D eigenvalue weighted by Crippen LogP contribution is 2.65. The normalized spacial score (nSPS) is 49.9.